The van der Waals surface area contributed by atoms with Gasteiger partial charge in [0.1, 0.15) is 17.9 Å². The van der Waals surface area contributed by atoms with E-state index in [1.807, 2.05) is 12.1 Å². The average molecular weight is 527 g/mol. The van der Waals surface area contributed by atoms with Gasteiger partial charge < -0.3 is 21.3 Å². The van der Waals surface area contributed by atoms with Gasteiger partial charge in [-0.2, -0.15) is 0 Å². The number of nitrogens with zero attached hydrogens (tertiary/aromatic N) is 2. The van der Waals surface area contributed by atoms with Crippen LogP contribution in [-0.4, -0.2) is 47.0 Å². The molecule has 2 atom stereocenters. The molecular weight excluding hydrogens is 492 g/mol. The number of carbonyl (C=O) groups excluding carboxylic acids is 2. The highest BCUT2D eigenvalue weighted by molar-refractivity contribution is 6.08. The summed E-state index contributed by atoms with van der Waals surface area (Å²) in [7, 11) is 1.68. The van der Waals surface area contributed by atoms with E-state index in [1.165, 1.54) is 4.90 Å². The fourth-order valence-corrected chi connectivity index (χ4v) is 6.52. The Morgan fingerprint density at radius 2 is 1.90 bits per heavy atom. The molecule has 0 aromatic heterocycles. The summed E-state index contributed by atoms with van der Waals surface area (Å²) < 4.78 is 5.84. The molecule has 2 aromatic carbocycles. The molecule has 2 unspecified atom stereocenters. The van der Waals surface area contributed by atoms with E-state index in [2.05, 4.69) is 17.9 Å². The lowest BCUT2D eigenvalue weighted by Crippen LogP contribution is -2.51. The summed E-state index contributed by atoms with van der Waals surface area (Å²) in [6.45, 7) is 0. The minimum Gasteiger partial charge on any atom is -0.508 e. The van der Waals surface area contributed by atoms with Gasteiger partial charge in [-0.15, -0.1) is 0 Å². The molecule has 1 amide bonds. The number of rotatable bonds is 4. The maximum Gasteiger partial charge on any atom is 0.323 e. The minimum atomic E-state index is -1.08. The third kappa shape index (κ3) is 4.35. The lowest BCUT2D eigenvalue weighted by Gasteiger charge is -2.45. The number of fused-ring (bicyclic) bond motifs is 3. The number of phenolic OH excluding ortho intramolecular Hbond substituents is 1. The maximum absolute atomic E-state index is 13.9. The molecule has 0 saturated heterocycles. The van der Waals surface area contributed by atoms with Crippen molar-refractivity contribution in [3.63, 3.8) is 0 Å². The number of nitrogens with two attached hydrogens (primary N) is 2. The van der Waals surface area contributed by atoms with Gasteiger partial charge >= 0.3 is 5.97 Å². The molecule has 6 rings (SSSR count). The zero-order chi connectivity index (χ0) is 27.4. The van der Waals surface area contributed by atoms with E-state index in [0.29, 0.717) is 38.0 Å². The summed E-state index contributed by atoms with van der Waals surface area (Å²) >= 11 is 0. The first-order valence-corrected chi connectivity index (χ1v) is 13.7. The van der Waals surface area contributed by atoms with Crippen molar-refractivity contribution in [2.24, 2.45) is 27.8 Å². The van der Waals surface area contributed by atoms with Gasteiger partial charge in [0.2, 0.25) is 0 Å². The van der Waals surface area contributed by atoms with E-state index < -0.39 is 23.0 Å². The Bertz CT molecular complexity index is 1410. The number of esters is 1. The number of likely N-dealkylation sites (N-methyl/N-ethyl adjacent to an activating group) is 1. The lowest BCUT2D eigenvalue weighted by molar-refractivity contribution is -0.155. The van der Waals surface area contributed by atoms with Crippen LogP contribution in [0.25, 0.3) is 0 Å². The minimum absolute atomic E-state index is 0.0996. The van der Waals surface area contributed by atoms with Gasteiger partial charge in [0.05, 0.1) is 0 Å². The van der Waals surface area contributed by atoms with Gasteiger partial charge in [0.15, 0.2) is 11.5 Å². The van der Waals surface area contributed by atoms with Crippen LogP contribution in [0.2, 0.25) is 0 Å². The standard InChI is InChI=1S/C31H34N4O4/c1-35-28(38)31(34-29(35)33)25-16-20(5-4-19-2-3-19)6-9-22(25)18-30(31)14-12-24(13-15-30)39-27(37)26(32)17-21-7-10-23(36)11-8-21/h6-11,16,19,24,26,36H,2-3,12-15,17-18,32H2,1H3,(H2,33,34). The van der Waals surface area contributed by atoms with Crippen LogP contribution in [0.1, 0.15) is 60.8 Å². The van der Waals surface area contributed by atoms with Crippen LogP contribution in [0, 0.1) is 23.2 Å². The lowest BCUT2D eigenvalue weighted by atomic mass is 9.61. The Labute approximate surface area is 228 Å². The number of guanidine groups is 1. The predicted molar refractivity (Wildman–Crippen MR) is 146 cm³/mol. The molecule has 1 aliphatic heterocycles. The molecular formula is C31H34N4O4. The van der Waals surface area contributed by atoms with Crippen molar-refractivity contribution < 1.29 is 19.4 Å². The normalized spacial score (nSPS) is 28.2. The quantitative estimate of drug-likeness (QED) is 0.415. The molecule has 4 aliphatic rings. The molecule has 2 spiro atoms. The van der Waals surface area contributed by atoms with E-state index in [0.717, 1.165) is 41.5 Å². The van der Waals surface area contributed by atoms with Gasteiger partial charge in [0, 0.05) is 23.9 Å². The second-order valence-electron chi connectivity index (χ2n) is 11.5. The van der Waals surface area contributed by atoms with Gasteiger partial charge in [-0.05, 0) is 92.3 Å². The Morgan fingerprint density at radius 3 is 2.54 bits per heavy atom. The van der Waals surface area contributed by atoms with Crippen LogP contribution in [-0.2, 0) is 32.7 Å². The Morgan fingerprint density at radius 1 is 1.18 bits per heavy atom. The number of aliphatic imine (C=N–C) groups is 1. The van der Waals surface area contributed by atoms with Crippen molar-refractivity contribution in [3.05, 3.63) is 64.7 Å². The van der Waals surface area contributed by atoms with Crippen molar-refractivity contribution in [2.75, 3.05) is 7.05 Å². The Hall–Kier alpha value is -3.83. The van der Waals surface area contributed by atoms with Crippen LogP contribution in [0.3, 0.4) is 0 Å². The highest BCUT2D eigenvalue weighted by Gasteiger charge is 2.66. The highest BCUT2D eigenvalue weighted by atomic mass is 16.5. The molecule has 8 heteroatoms. The number of phenols is 1. The molecule has 8 nitrogen and oxygen atoms in total. The molecule has 2 saturated carbocycles. The number of carbonyl (C=O) groups is 2. The van der Waals surface area contributed by atoms with E-state index in [9.17, 15) is 14.7 Å². The Kier molecular flexibility index (Phi) is 6.15. The van der Waals surface area contributed by atoms with Crippen LogP contribution in [0.15, 0.2) is 47.5 Å². The summed E-state index contributed by atoms with van der Waals surface area (Å²) in [6, 6.07) is 12.0. The summed E-state index contributed by atoms with van der Waals surface area (Å²) in [4.78, 5) is 33.0. The zero-order valence-electron chi connectivity index (χ0n) is 22.2. The fourth-order valence-electron chi connectivity index (χ4n) is 6.52. The predicted octanol–water partition coefficient (Wildman–Crippen LogP) is 2.73. The van der Waals surface area contributed by atoms with Gasteiger partial charge in [-0.3, -0.25) is 14.5 Å². The van der Waals surface area contributed by atoms with Crippen molar-refractivity contribution >= 4 is 17.8 Å². The molecule has 202 valence electrons. The number of benzene rings is 2. The number of hydrogen-bond donors (Lipinski definition) is 3. The van der Waals surface area contributed by atoms with Gasteiger partial charge in [-0.25, -0.2) is 4.99 Å². The SMILES string of the molecule is CN1C(=O)C2(N=C1N)c1cc(C#CC3CC3)ccc1CC21CCC(OC(=O)C(N)Cc2ccc(O)cc2)CC1. The summed E-state index contributed by atoms with van der Waals surface area (Å²) in [5, 5.41) is 9.48. The monoisotopic (exact) mass is 526 g/mol. The number of hydrogen-bond acceptors (Lipinski definition) is 7. The maximum atomic E-state index is 13.9. The second-order valence-corrected chi connectivity index (χ2v) is 11.5. The molecule has 0 bridgehead atoms. The van der Waals surface area contributed by atoms with E-state index in [4.69, 9.17) is 21.2 Å². The molecule has 3 aliphatic carbocycles. The summed E-state index contributed by atoms with van der Waals surface area (Å²) in [5.41, 5.74) is 14.6. The molecule has 2 fully saturated rings. The molecule has 5 N–H and O–H groups in total. The molecule has 39 heavy (non-hydrogen) atoms. The van der Waals surface area contributed by atoms with Crippen molar-refractivity contribution in [1.29, 1.82) is 0 Å². The number of ether oxygens (including phenoxy) is 1. The van der Waals surface area contributed by atoms with Crippen LogP contribution < -0.4 is 11.5 Å². The number of aromatic hydroxyl groups is 1. The summed E-state index contributed by atoms with van der Waals surface area (Å²) in [6.07, 6.45) is 5.67. The smallest absolute Gasteiger partial charge is 0.323 e. The first kappa shape index (κ1) is 25.4. The summed E-state index contributed by atoms with van der Waals surface area (Å²) in [5.74, 6) is 6.96. The zero-order valence-corrected chi connectivity index (χ0v) is 22.2. The van der Waals surface area contributed by atoms with E-state index in [1.54, 1.807) is 31.3 Å². The first-order chi connectivity index (χ1) is 18.7. The van der Waals surface area contributed by atoms with Crippen LogP contribution in [0.5, 0.6) is 5.75 Å². The molecule has 0 radical (unpaired) electrons. The van der Waals surface area contributed by atoms with Crippen molar-refractivity contribution in [3.8, 4) is 17.6 Å². The van der Waals surface area contributed by atoms with Gasteiger partial charge in [-0.1, -0.05) is 30.0 Å². The largest absolute Gasteiger partial charge is 0.508 e. The fraction of sp³-hybridized carbons (Fsp3) is 0.452. The van der Waals surface area contributed by atoms with Crippen molar-refractivity contribution in [1.82, 2.24) is 4.90 Å². The topological polar surface area (TPSA) is 131 Å². The molecule has 2 aromatic rings. The first-order valence-electron chi connectivity index (χ1n) is 13.7. The third-order valence-corrected chi connectivity index (χ3v) is 8.90. The highest BCUT2D eigenvalue weighted by Crippen LogP contribution is 2.61. The van der Waals surface area contributed by atoms with E-state index in [-0.39, 0.29) is 23.7 Å². The van der Waals surface area contributed by atoms with Gasteiger partial charge in [0.25, 0.3) is 5.91 Å². The average Bonchev–Trinajstić information content (AvgIpc) is 3.69. The Balaban J connectivity index is 1.20. The molecule has 1 heterocycles. The second kappa shape index (κ2) is 9.42. The number of amides is 1. The van der Waals surface area contributed by atoms with Crippen LogP contribution >= 0.6 is 0 Å². The van der Waals surface area contributed by atoms with Crippen LogP contribution in [0.4, 0.5) is 0 Å². The van der Waals surface area contributed by atoms with Crippen molar-refractivity contribution in [2.45, 2.75) is 69.1 Å². The third-order valence-electron chi connectivity index (χ3n) is 8.90. The van der Waals surface area contributed by atoms with E-state index >= 15 is 0 Å².